The molecule has 0 saturated heterocycles. The lowest BCUT2D eigenvalue weighted by atomic mass is 9.64. The van der Waals surface area contributed by atoms with Crippen LogP contribution in [-0.2, 0) is 35.5 Å². The first kappa shape index (κ1) is 21.6. The van der Waals surface area contributed by atoms with Gasteiger partial charge in [0, 0.05) is 31.7 Å². The van der Waals surface area contributed by atoms with E-state index in [1.54, 1.807) is 12.1 Å². The molecule has 2 aliphatic rings. The van der Waals surface area contributed by atoms with Crippen molar-refractivity contribution in [2.45, 2.75) is 57.9 Å². The molecule has 1 atom stereocenters. The molecule has 31 heavy (non-hydrogen) atoms. The average Bonchev–Trinajstić information content (AvgIpc) is 3.22. The third-order valence-corrected chi connectivity index (χ3v) is 5.96. The van der Waals surface area contributed by atoms with Gasteiger partial charge in [0.15, 0.2) is 0 Å². The Hall–Kier alpha value is -2.64. The summed E-state index contributed by atoms with van der Waals surface area (Å²) in [6.07, 6.45) is 2.78. The molecule has 2 aliphatic heterocycles. The fourth-order valence-corrected chi connectivity index (χ4v) is 4.26. The Bertz CT molecular complexity index is 976. The Morgan fingerprint density at radius 3 is 2.87 bits per heavy atom. The number of ketones is 1. The van der Waals surface area contributed by atoms with Crippen LogP contribution in [0.4, 0.5) is 0 Å². The molecule has 0 spiro atoms. The normalized spacial score (nSPS) is 17.0. The minimum atomic E-state index is -1.13. The van der Waals surface area contributed by atoms with E-state index < -0.39 is 13.1 Å². The fraction of sp³-hybridized carbons (Fsp3) is 0.417. The number of para-hydroxylation sites is 1. The number of hydrogen-bond donors (Lipinski definition) is 2. The molecule has 2 aromatic rings. The predicted molar refractivity (Wildman–Crippen MR) is 118 cm³/mol. The Morgan fingerprint density at radius 1 is 1.19 bits per heavy atom. The first-order valence-corrected chi connectivity index (χ1v) is 11.0. The maximum absolute atomic E-state index is 12.7. The number of nitrogens with one attached hydrogen (secondary N) is 1. The summed E-state index contributed by atoms with van der Waals surface area (Å²) in [5, 5.41) is 13.9. The lowest BCUT2D eigenvalue weighted by Gasteiger charge is -2.28. The summed E-state index contributed by atoms with van der Waals surface area (Å²) >= 11 is 0. The molecule has 4 rings (SSSR count). The summed E-state index contributed by atoms with van der Waals surface area (Å²) in [6, 6.07) is 11.5. The molecule has 2 heterocycles. The topological polar surface area (TPSA) is 84.9 Å². The van der Waals surface area contributed by atoms with Crippen molar-refractivity contribution in [2.24, 2.45) is 0 Å². The minimum Gasteiger partial charge on any atom is -0.535 e. The molecule has 0 unspecified atom stereocenters. The van der Waals surface area contributed by atoms with E-state index in [0.717, 1.165) is 37.1 Å². The second kappa shape index (κ2) is 9.66. The van der Waals surface area contributed by atoms with Crippen LogP contribution in [0.15, 0.2) is 36.4 Å². The van der Waals surface area contributed by atoms with Gasteiger partial charge in [-0.2, -0.15) is 0 Å². The maximum Gasteiger partial charge on any atom is 0.526 e. The number of rotatable bonds is 8. The van der Waals surface area contributed by atoms with Crippen LogP contribution in [-0.4, -0.2) is 30.5 Å². The quantitative estimate of drug-likeness (QED) is 0.387. The Kier molecular flexibility index (Phi) is 6.73. The first-order chi connectivity index (χ1) is 15.0. The van der Waals surface area contributed by atoms with E-state index in [-0.39, 0.29) is 18.0 Å². The van der Waals surface area contributed by atoms with Crippen LogP contribution in [0.1, 0.15) is 58.8 Å². The van der Waals surface area contributed by atoms with Crippen LogP contribution >= 0.6 is 0 Å². The maximum atomic E-state index is 12.7. The lowest BCUT2D eigenvalue weighted by molar-refractivity contribution is -0.118. The van der Waals surface area contributed by atoms with E-state index in [1.807, 2.05) is 19.1 Å². The molecular weight excluding hydrogens is 393 g/mol. The van der Waals surface area contributed by atoms with Gasteiger partial charge >= 0.3 is 13.1 Å². The molecular formula is C24H28BNO5. The summed E-state index contributed by atoms with van der Waals surface area (Å²) in [6.45, 7) is 4.10. The van der Waals surface area contributed by atoms with Gasteiger partial charge in [0.25, 0.3) is 0 Å². The number of hydrogen-bond acceptors (Lipinski definition) is 6. The van der Waals surface area contributed by atoms with Crippen molar-refractivity contribution in [1.29, 1.82) is 0 Å². The van der Waals surface area contributed by atoms with E-state index in [1.165, 1.54) is 11.1 Å². The van der Waals surface area contributed by atoms with E-state index >= 15 is 0 Å². The number of carbonyl (C=O) groups excluding carboxylic acids is 2. The molecule has 0 saturated carbocycles. The van der Waals surface area contributed by atoms with Crippen molar-refractivity contribution in [3.8, 4) is 5.75 Å². The standard InChI is InChI=1S/C24H28BNO5/c1-2-3-9-30-24(28)22-6-4-5-17-12-20(25(29)31-23(17)22)13-21(27)11-16-7-8-18-14-26-15-19(18)10-16/h4-8,10,20,26,29H,2-3,9,11-15H2,1H3/t20-/m1/s1. The highest BCUT2D eigenvalue weighted by molar-refractivity contribution is 6.47. The lowest BCUT2D eigenvalue weighted by Crippen LogP contribution is -2.36. The van der Waals surface area contributed by atoms with E-state index in [0.29, 0.717) is 30.8 Å². The Labute approximate surface area is 183 Å². The van der Waals surface area contributed by atoms with Crippen LogP contribution in [0.5, 0.6) is 5.75 Å². The van der Waals surface area contributed by atoms with Crippen molar-refractivity contribution in [3.63, 3.8) is 0 Å². The molecule has 2 N–H and O–H groups in total. The summed E-state index contributed by atoms with van der Waals surface area (Å²) in [7, 11) is -1.13. The van der Waals surface area contributed by atoms with Crippen molar-refractivity contribution in [3.05, 3.63) is 64.2 Å². The fourth-order valence-electron chi connectivity index (χ4n) is 4.26. The highest BCUT2D eigenvalue weighted by atomic mass is 16.5. The number of fused-ring (bicyclic) bond motifs is 2. The van der Waals surface area contributed by atoms with E-state index in [2.05, 4.69) is 17.4 Å². The van der Waals surface area contributed by atoms with Gasteiger partial charge in [-0.05, 0) is 41.2 Å². The second-order valence-corrected chi connectivity index (χ2v) is 8.38. The molecule has 0 bridgehead atoms. The third kappa shape index (κ3) is 5.00. The summed E-state index contributed by atoms with van der Waals surface area (Å²) < 4.78 is 11.0. The number of benzene rings is 2. The van der Waals surface area contributed by atoms with Gasteiger partial charge < -0.3 is 19.7 Å². The van der Waals surface area contributed by atoms with E-state index in [4.69, 9.17) is 9.39 Å². The molecule has 2 aromatic carbocycles. The highest BCUT2D eigenvalue weighted by Gasteiger charge is 2.37. The van der Waals surface area contributed by atoms with Crippen molar-refractivity contribution < 1.29 is 24.0 Å². The highest BCUT2D eigenvalue weighted by Crippen LogP contribution is 2.36. The number of esters is 1. The largest absolute Gasteiger partial charge is 0.535 e. The summed E-state index contributed by atoms with van der Waals surface area (Å²) in [5.41, 5.74) is 4.67. The van der Waals surface area contributed by atoms with Gasteiger partial charge in [0.1, 0.15) is 17.1 Å². The van der Waals surface area contributed by atoms with Crippen LogP contribution in [0.2, 0.25) is 5.82 Å². The van der Waals surface area contributed by atoms with Crippen LogP contribution in [0.25, 0.3) is 0 Å². The van der Waals surface area contributed by atoms with E-state index in [9.17, 15) is 14.6 Å². The van der Waals surface area contributed by atoms with Gasteiger partial charge in [0.2, 0.25) is 0 Å². The molecule has 0 aromatic heterocycles. The van der Waals surface area contributed by atoms with Gasteiger partial charge in [-0.1, -0.05) is 43.7 Å². The number of Topliss-reactive ketones (excluding diaryl/α,β-unsaturated/α-hetero) is 1. The zero-order chi connectivity index (χ0) is 21.8. The van der Waals surface area contributed by atoms with Crippen LogP contribution < -0.4 is 9.97 Å². The van der Waals surface area contributed by atoms with Gasteiger partial charge in [0.05, 0.1) is 6.61 Å². The smallest absolute Gasteiger partial charge is 0.526 e. The predicted octanol–water partition coefficient (Wildman–Crippen LogP) is 3.23. The third-order valence-electron chi connectivity index (χ3n) is 5.96. The van der Waals surface area contributed by atoms with Gasteiger partial charge in [-0.15, -0.1) is 0 Å². The molecule has 0 fully saturated rings. The molecule has 6 nitrogen and oxygen atoms in total. The summed E-state index contributed by atoms with van der Waals surface area (Å²) in [5.74, 6) is -0.357. The first-order valence-electron chi connectivity index (χ1n) is 11.0. The number of ether oxygens (including phenoxy) is 1. The van der Waals surface area contributed by atoms with Crippen LogP contribution in [0.3, 0.4) is 0 Å². The SMILES string of the molecule is CCCCOC(=O)c1cccc2c1OB(O)[C@@H](CC(=O)Cc1ccc3c(c1)CNC3)C2. The zero-order valence-electron chi connectivity index (χ0n) is 17.9. The minimum absolute atomic E-state index is 0.0668. The molecule has 0 radical (unpaired) electrons. The summed E-state index contributed by atoms with van der Waals surface area (Å²) in [4.78, 5) is 25.1. The number of unbranched alkanes of at least 4 members (excludes halogenated alkanes) is 1. The molecule has 7 heteroatoms. The monoisotopic (exact) mass is 421 g/mol. The van der Waals surface area contributed by atoms with Crippen molar-refractivity contribution in [1.82, 2.24) is 5.32 Å². The van der Waals surface area contributed by atoms with Crippen LogP contribution in [0, 0.1) is 0 Å². The second-order valence-electron chi connectivity index (χ2n) is 8.38. The zero-order valence-corrected chi connectivity index (χ0v) is 17.9. The Morgan fingerprint density at radius 2 is 2.03 bits per heavy atom. The number of carbonyl (C=O) groups is 2. The Balaban J connectivity index is 1.40. The van der Waals surface area contributed by atoms with Crippen molar-refractivity contribution >= 4 is 18.9 Å². The molecule has 0 aliphatic carbocycles. The van der Waals surface area contributed by atoms with Gasteiger partial charge in [-0.25, -0.2) is 4.79 Å². The van der Waals surface area contributed by atoms with Crippen molar-refractivity contribution in [2.75, 3.05) is 6.61 Å². The van der Waals surface area contributed by atoms with Gasteiger partial charge in [-0.3, -0.25) is 4.79 Å². The molecule has 162 valence electrons. The molecule has 0 amide bonds. The average molecular weight is 421 g/mol.